The Hall–Kier alpha value is -1.55. The Kier molecular flexibility index (Phi) is 6.05. The summed E-state index contributed by atoms with van der Waals surface area (Å²) in [5.41, 5.74) is 0.671. The van der Waals surface area contributed by atoms with Crippen molar-refractivity contribution in [1.82, 2.24) is 10.2 Å². The summed E-state index contributed by atoms with van der Waals surface area (Å²) < 4.78 is 5.58. The molecule has 1 fully saturated rings. The van der Waals surface area contributed by atoms with Crippen LogP contribution in [0.1, 0.15) is 37.0 Å². The fraction of sp³-hybridized carbons (Fsp3) is 0.588. The normalized spacial score (nSPS) is 18.3. The van der Waals surface area contributed by atoms with Gasteiger partial charge < -0.3 is 15.0 Å². The van der Waals surface area contributed by atoms with Gasteiger partial charge >= 0.3 is 0 Å². The number of nitrogens with one attached hydrogen (secondary N) is 1. The molecule has 1 heterocycles. The number of hydrogen-bond donors (Lipinski definition) is 1. The highest BCUT2D eigenvalue weighted by molar-refractivity contribution is 5.96. The van der Waals surface area contributed by atoms with Gasteiger partial charge in [-0.2, -0.15) is 0 Å². The van der Waals surface area contributed by atoms with E-state index in [2.05, 4.69) is 5.32 Å². The molecule has 21 heavy (non-hydrogen) atoms. The van der Waals surface area contributed by atoms with Gasteiger partial charge in [-0.05, 0) is 57.8 Å². The van der Waals surface area contributed by atoms with Crippen molar-refractivity contribution < 1.29 is 9.53 Å². The summed E-state index contributed by atoms with van der Waals surface area (Å²) in [4.78, 5) is 14.7. The van der Waals surface area contributed by atoms with Crippen LogP contribution in [0, 0.1) is 5.92 Å². The Morgan fingerprint density at radius 1 is 1.38 bits per heavy atom. The molecule has 1 aliphatic heterocycles. The second-order valence-corrected chi connectivity index (χ2v) is 5.49. The van der Waals surface area contributed by atoms with E-state index >= 15 is 0 Å². The van der Waals surface area contributed by atoms with E-state index in [-0.39, 0.29) is 5.91 Å². The van der Waals surface area contributed by atoms with Gasteiger partial charge in [-0.1, -0.05) is 12.1 Å². The molecule has 1 unspecified atom stereocenters. The quantitative estimate of drug-likeness (QED) is 0.875. The first kappa shape index (κ1) is 15.8. The van der Waals surface area contributed by atoms with Crippen molar-refractivity contribution >= 4 is 5.91 Å². The lowest BCUT2D eigenvalue weighted by molar-refractivity contribution is 0.0725. The van der Waals surface area contributed by atoms with Crippen LogP contribution in [0.5, 0.6) is 5.75 Å². The first-order valence-electron chi connectivity index (χ1n) is 7.98. The standard InChI is InChI=1S/C17H26N2O2/c1-3-19(13-14-8-7-11-18-12-14)17(20)15-9-5-6-10-16(15)21-4-2/h5-6,9-10,14,18H,3-4,7-8,11-13H2,1-2H3. The molecule has 0 radical (unpaired) electrons. The molecule has 0 saturated carbocycles. The van der Waals surface area contributed by atoms with Crippen LogP contribution in [0.15, 0.2) is 24.3 Å². The molecule has 0 spiro atoms. The van der Waals surface area contributed by atoms with Crippen LogP contribution in [0.25, 0.3) is 0 Å². The molecule has 2 rings (SSSR count). The number of piperidine rings is 1. The second kappa shape index (κ2) is 8.03. The van der Waals surface area contributed by atoms with Gasteiger partial charge in [0.1, 0.15) is 5.75 Å². The van der Waals surface area contributed by atoms with Gasteiger partial charge in [0.15, 0.2) is 0 Å². The minimum Gasteiger partial charge on any atom is -0.493 e. The zero-order valence-corrected chi connectivity index (χ0v) is 13.1. The number of rotatable bonds is 6. The third-order valence-corrected chi connectivity index (χ3v) is 3.96. The molecule has 116 valence electrons. The maximum absolute atomic E-state index is 12.8. The Morgan fingerprint density at radius 3 is 2.86 bits per heavy atom. The molecule has 1 atom stereocenters. The molecule has 4 heteroatoms. The van der Waals surface area contributed by atoms with E-state index in [0.717, 1.165) is 26.2 Å². The average molecular weight is 290 g/mol. The lowest BCUT2D eigenvalue weighted by Gasteiger charge is -2.30. The Bertz CT molecular complexity index is 456. The summed E-state index contributed by atoms with van der Waals surface area (Å²) in [5.74, 6) is 1.32. The second-order valence-electron chi connectivity index (χ2n) is 5.49. The molecule has 1 aliphatic rings. The summed E-state index contributed by atoms with van der Waals surface area (Å²) in [5, 5.41) is 3.41. The minimum absolute atomic E-state index is 0.0760. The summed E-state index contributed by atoms with van der Waals surface area (Å²) in [6, 6.07) is 7.52. The SMILES string of the molecule is CCOc1ccccc1C(=O)N(CC)CC1CCCNC1. The van der Waals surface area contributed by atoms with Crippen LogP contribution < -0.4 is 10.1 Å². The van der Waals surface area contributed by atoms with E-state index in [1.807, 2.05) is 43.0 Å². The van der Waals surface area contributed by atoms with Crippen molar-refractivity contribution in [2.24, 2.45) is 5.92 Å². The molecule has 1 N–H and O–H groups in total. The molecule has 0 aromatic heterocycles. The third-order valence-electron chi connectivity index (χ3n) is 3.96. The fourth-order valence-electron chi connectivity index (χ4n) is 2.84. The van der Waals surface area contributed by atoms with Gasteiger partial charge in [-0.15, -0.1) is 0 Å². The molecule has 0 bridgehead atoms. The smallest absolute Gasteiger partial charge is 0.257 e. The average Bonchev–Trinajstić information content (AvgIpc) is 2.54. The maximum Gasteiger partial charge on any atom is 0.257 e. The van der Waals surface area contributed by atoms with E-state index in [1.54, 1.807) is 0 Å². The first-order chi connectivity index (χ1) is 10.3. The highest BCUT2D eigenvalue weighted by atomic mass is 16.5. The van der Waals surface area contributed by atoms with Crippen molar-refractivity contribution in [2.75, 3.05) is 32.8 Å². The molecule has 1 aromatic rings. The summed E-state index contributed by atoms with van der Waals surface area (Å²) in [7, 11) is 0. The van der Waals surface area contributed by atoms with E-state index in [4.69, 9.17) is 4.74 Å². The minimum atomic E-state index is 0.0760. The molecular formula is C17H26N2O2. The topological polar surface area (TPSA) is 41.6 Å². The number of amides is 1. The first-order valence-corrected chi connectivity index (χ1v) is 7.98. The number of carbonyl (C=O) groups excluding carboxylic acids is 1. The van der Waals surface area contributed by atoms with Gasteiger partial charge in [0, 0.05) is 13.1 Å². The Balaban J connectivity index is 2.08. The highest BCUT2D eigenvalue weighted by Crippen LogP contribution is 2.21. The van der Waals surface area contributed by atoms with E-state index in [0.29, 0.717) is 23.8 Å². The van der Waals surface area contributed by atoms with Gasteiger partial charge in [-0.25, -0.2) is 0 Å². The summed E-state index contributed by atoms with van der Waals surface area (Å²) in [6.45, 7) is 8.21. The number of nitrogens with zero attached hydrogens (tertiary/aromatic N) is 1. The number of para-hydroxylation sites is 1. The van der Waals surface area contributed by atoms with Crippen LogP contribution in [0.3, 0.4) is 0 Å². The van der Waals surface area contributed by atoms with Crippen molar-refractivity contribution in [3.05, 3.63) is 29.8 Å². The number of ether oxygens (including phenoxy) is 1. The van der Waals surface area contributed by atoms with Gasteiger partial charge in [0.05, 0.1) is 12.2 Å². The highest BCUT2D eigenvalue weighted by Gasteiger charge is 2.22. The van der Waals surface area contributed by atoms with Crippen molar-refractivity contribution in [3.8, 4) is 5.75 Å². The predicted octanol–water partition coefficient (Wildman–Crippen LogP) is 2.55. The maximum atomic E-state index is 12.8. The molecular weight excluding hydrogens is 264 g/mol. The Morgan fingerprint density at radius 2 is 2.19 bits per heavy atom. The third kappa shape index (κ3) is 4.21. The molecule has 1 saturated heterocycles. The van der Waals surface area contributed by atoms with Crippen molar-refractivity contribution in [2.45, 2.75) is 26.7 Å². The lowest BCUT2D eigenvalue weighted by Crippen LogP contribution is -2.41. The Labute approximate surface area is 127 Å². The summed E-state index contributed by atoms with van der Waals surface area (Å²) in [6.07, 6.45) is 2.40. The van der Waals surface area contributed by atoms with Gasteiger partial charge in [0.25, 0.3) is 5.91 Å². The molecule has 1 amide bonds. The number of benzene rings is 1. The zero-order chi connectivity index (χ0) is 15.1. The predicted molar refractivity (Wildman–Crippen MR) is 84.8 cm³/mol. The van der Waals surface area contributed by atoms with Gasteiger partial charge in [0.2, 0.25) is 0 Å². The zero-order valence-electron chi connectivity index (χ0n) is 13.1. The monoisotopic (exact) mass is 290 g/mol. The summed E-state index contributed by atoms with van der Waals surface area (Å²) >= 11 is 0. The van der Waals surface area contributed by atoms with Crippen LogP contribution in [-0.2, 0) is 0 Å². The fourth-order valence-corrected chi connectivity index (χ4v) is 2.84. The largest absolute Gasteiger partial charge is 0.493 e. The van der Waals surface area contributed by atoms with E-state index < -0.39 is 0 Å². The van der Waals surface area contributed by atoms with Crippen LogP contribution in [0.4, 0.5) is 0 Å². The number of carbonyl (C=O) groups is 1. The van der Waals surface area contributed by atoms with Crippen LogP contribution in [-0.4, -0.2) is 43.6 Å². The van der Waals surface area contributed by atoms with E-state index in [9.17, 15) is 4.79 Å². The lowest BCUT2D eigenvalue weighted by atomic mass is 9.98. The molecule has 4 nitrogen and oxygen atoms in total. The number of hydrogen-bond acceptors (Lipinski definition) is 3. The molecule has 1 aromatic carbocycles. The van der Waals surface area contributed by atoms with Crippen molar-refractivity contribution in [1.29, 1.82) is 0 Å². The van der Waals surface area contributed by atoms with Crippen LogP contribution in [0.2, 0.25) is 0 Å². The van der Waals surface area contributed by atoms with Gasteiger partial charge in [-0.3, -0.25) is 4.79 Å². The van der Waals surface area contributed by atoms with E-state index in [1.165, 1.54) is 12.8 Å². The van der Waals surface area contributed by atoms with Crippen LogP contribution >= 0.6 is 0 Å². The van der Waals surface area contributed by atoms with Crippen molar-refractivity contribution in [3.63, 3.8) is 0 Å². The molecule has 0 aliphatic carbocycles.